The zero-order chi connectivity index (χ0) is 88.1. The third kappa shape index (κ3) is 31.3. The van der Waals surface area contributed by atoms with Crippen molar-refractivity contribution in [1.82, 2.24) is 66.3 Å². The van der Waals surface area contributed by atoms with Crippen LogP contribution in [0, 0.1) is 29.6 Å². The molecule has 6 rings (SSSR count). The van der Waals surface area contributed by atoms with E-state index in [9.17, 15) is 57.5 Å². The summed E-state index contributed by atoms with van der Waals surface area (Å²) in [5.74, 6) is -7.16. The van der Waals surface area contributed by atoms with Crippen LogP contribution in [-0.2, 0) is 92.3 Å². The molecule has 0 saturated carbocycles. The van der Waals surface area contributed by atoms with E-state index in [0.29, 0.717) is 58.4 Å². The van der Waals surface area contributed by atoms with Crippen LogP contribution in [-0.4, -0.2) is 301 Å². The molecule has 0 bridgehead atoms. The number of hydrogen-bond donors (Lipinski definition) is 8. The number of anilines is 1. The van der Waals surface area contributed by atoms with Gasteiger partial charge in [0.25, 0.3) is 5.91 Å². The number of rotatable bonds is 52. The van der Waals surface area contributed by atoms with Gasteiger partial charge in [-0.2, -0.15) is 0 Å². The Bertz CT molecular complexity index is 3750. The van der Waals surface area contributed by atoms with Crippen LogP contribution in [0.1, 0.15) is 155 Å². The molecule has 3 aromatic rings. The average Bonchev–Trinajstić information content (AvgIpc) is 1.57. The van der Waals surface area contributed by atoms with Crippen LogP contribution in [0.3, 0.4) is 0 Å². The number of nitrogens with two attached hydrogens (primary N) is 1. The van der Waals surface area contributed by atoms with Crippen molar-refractivity contribution in [2.75, 3.05) is 146 Å². The van der Waals surface area contributed by atoms with E-state index in [-0.39, 0.29) is 164 Å². The van der Waals surface area contributed by atoms with Crippen molar-refractivity contribution in [1.29, 1.82) is 0 Å². The van der Waals surface area contributed by atoms with Crippen molar-refractivity contribution < 1.29 is 95.5 Å². The van der Waals surface area contributed by atoms with Gasteiger partial charge in [0.2, 0.25) is 65.2 Å². The molecule has 120 heavy (non-hydrogen) atoms. The lowest BCUT2D eigenvalue weighted by Crippen LogP contribution is -2.60. The first-order valence-corrected chi connectivity index (χ1v) is 42.7. The summed E-state index contributed by atoms with van der Waals surface area (Å²) >= 11 is 1.46. The molecule has 14 amide bonds. The van der Waals surface area contributed by atoms with E-state index in [1.807, 2.05) is 63.5 Å². The van der Waals surface area contributed by atoms with E-state index >= 15 is 4.79 Å². The molecule has 35 nitrogen and oxygen atoms in total. The smallest absolute Gasteiger partial charge is 0.411 e. The second-order valence-corrected chi connectivity index (χ2v) is 32.7. The van der Waals surface area contributed by atoms with Gasteiger partial charge < -0.3 is 95.7 Å². The minimum atomic E-state index is -1.55. The summed E-state index contributed by atoms with van der Waals surface area (Å²) < 4.78 is 40.6. The van der Waals surface area contributed by atoms with Gasteiger partial charge in [0.15, 0.2) is 0 Å². The average molecular weight is 1700 g/mol. The van der Waals surface area contributed by atoms with Crippen LogP contribution in [0.15, 0.2) is 66.2 Å². The highest BCUT2D eigenvalue weighted by atomic mass is 32.1. The van der Waals surface area contributed by atoms with Crippen LogP contribution in [0.25, 0.3) is 0 Å². The van der Waals surface area contributed by atoms with Gasteiger partial charge in [-0.25, -0.2) is 14.6 Å². The standard InChI is InChI=1S/C84H131N15O20S/c1-15-56(8)73(64(113-13)52-69(104)98-36-20-24-63(98)74(114-14)57(9)76(105)91-62(80-87-35-50-120-80)51-58-21-17-16-18-22-58)95(11)81(109)71(54(4)5)93-79(108)72(55(6)7)96(12)84(112)119-75(82(110)97-40-38-94(10)39-41-97)59-25-27-60(28-26-59)89-77(106)61(23-19-33-88-83(85)111)90-78(107)70(53(2)3)92-66(101)32-42-115-44-46-117-48-49-118-47-45-116-43-34-86-65(100)31-37-99-67(102)29-30-68(99)103/h16-18,21-22,25-28,35,50,53-57,61-64,70-75H,15,19-20,23-24,29-34,36-49,51-52H2,1-14H3,(H,86,100)(H,89,106)(H,90,107)(H,91,105)(H,92,101)(H,93,108)(H3,85,88,111)/t56-,57+,61-,62-,63-,64+,70-,71-,72-,73-,74+,75?/m0/s1. The Morgan fingerprint density at radius 1 is 0.650 bits per heavy atom. The van der Waals surface area contributed by atoms with Gasteiger partial charge in [0, 0.05) is 129 Å². The Morgan fingerprint density at radius 2 is 1.27 bits per heavy atom. The van der Waals surface area contributed by atoms with Gasteiger partial charge in [-0.3, -0.25) is 62.5 Å². The number of likely N-dealkylation sites (N-methyl/N-ethyl adjacent to an activating group) is 3. The number of nitrogens with one attached hydrogen (secondary N) is 7. The number of imide groups is 1. The number of nitrogens with zero attached hydrogens (tertiary/aromatic N) is 7. The van der Waals surface area contributed by atoms with Crippen LogP contribution < -0.4 is 43.0 Å². The Kier molecular flexibility index (Phi) is 42.7. The third-order valence-corrected chi connectivity index (χ3v) is 22.8. The van der Waals surface area contributed by atoms with Gasteiger partial charge in [0.1, 0.15) is 29.2 Å². The summed E-state index contributed by atoms with van der Waals surface area (Å²) in [6.07, 6.45) is 0.424. The van der Waals surface area contributed by atoms with E-state index in [2.05, 4.69) is 47.1 Å². The number of hydrogen-bond acceptors (Lipinski definition) is 23. The van der Waals surface area contributed by atoms with Crippen LogP contribution >= 0.6 is 11.3 Å². The minimum Gasteiger partial charge on any atom is -0.431 e. The number of piperazine rings is 1. The predicted molar refractivity (Wildman–Crippen MR) is 448 cm³/mol. The van der Waals surface area contributed by atoms with Crippen LogP contribution in [0.4, 0.5) is 15.3 Å². The van der Waals surface area contributed by atoms with Crippen molar-refractivity contribution >= 4 is 94.1 Å². The fourth-order valence-electron chi connectivity index (χ4n) is 14.9. The zero-order valence-corrected chi connectivity index (χ0v) is 73.2. The zero-order valence-electron chi connectivity index (χ0n) is 72.4. The maximum atomic E-state index is 15.2. The molecular weight excluding hydrogens is 1570 g/mol. The second kappa shape index (κ2) is 51.5. The lowest BCUT2D eigenvalue weighted by atomic mass is 9.89. The normalized spacial score (nSPS) is 17.2. The molecule has 0 radical (unpaired) electrons. The Morgan fingerprint density at radius 3 is 1.85 bits per heavy atom. The number of aromatic nitrogens is 1. The molecule has 3 saturated heterocycles. The molecule has 0 aliphatic carbocycles. The first kappa shape index (κ1) is 99.5. The highest BCUT2D eigenvalue weighted by Gasteiger charge is 2.45. The van der Waals surface area contributed by atoms with Gasteiger partial charge in [-0.05, 0) is 80.5 Å². The molecule has 1 unspecified atom stereocenters. The van der Waals surface area contributed by atoms with Crippen molar-refractivity contribution in [3.05, 3.63) is 82.3 Å². The van der Waals surface area contributed by atoms with Crippen LogP contribution in [0.5, 0.6) is 0 Å². The molecule has 3 aliphatic rings. The number of primary amides is 1. The largest absolute Gasteiger partial charge is 0.431 e. The first-order valence-electron chi connectivity index (χ1n) is 41.8. The number of methoxy groups -OCH3 is 2. The molecule has 4 heterocycles. The molecule has 36 heteroatoms. The Balaban J connectivity index is 1.04. The number of urea groups is 1. The highest BCUT2D eigenvalue weighted by molar-refractivity contribution is 7.09. The fraction of sp³-hybridized carbons (Fsp3) is 0.667. The molecule has 3 fully saturated rings. The topological polar surface area (TPSA) is 429 Å². The maximum Gasteiger partial charge on any atom is 0.411 e. The van der Waals surface area contributed by atoms with Crippen molar-refractivity contribution in [2.45, 2.75) is 194 Å². The summed E-state index contributed by atoms with van der Waals surface area (Å²) in [7, 11) is 7.98. The van der Waals surface area contributed by atoms with Gasteiger partial charge in [-0.15, -0.1) is 11.3 Å². The number of ether oxygens (including phenoxy) is 7. The van der Waals surface area contributed by atoms with Crippen LogP contribution in [0.2, 0.25) is 0 Å². The fourth-order valence-corrected chi connectivity index (χ4v) is 15.6. The SMILES string of the molecule is CC[C@H](C)[C@@H]([C@@H](CC(=O)N1CCC[C@H]1[C@H](OC)[C@@H](C)C(=O)N[C@@H](Cc1ccccc1)c1nccs1)OC)N(C)C(=O)[C@@H](NC(=O)[C@H](C(C)C)N(C)C(=O)OC(C(=O)N1CCN(C)CC1)c1ccc(NC(=O)[C@H](CCCNC(N)=O)NC(=O)[C@@H](NC(=O)CCOCCOCCOCCOCCNC(=O)CCN2C(=O)CCC2=O)C(C)C)cc1)C(C)C. The Labute approximate surface area is 709 Å². The van der Waals surface area contributed by atoms with E-state index < -0.39 is 132 Å². The van der Waals surface area contributed by atoms with E-state index in [1.54, 1.807) is 76.6 Å². The molecule has 9 N–H and O–H groups in total. The lowest BCUT2D eigenvalue weighted by Gasteiger charge is -2.41. The molecule has 2 aromatic carbocycles. The molecule has 0 spiro atoms. The van der Waals surface area contributed by atoms with E-state index in [4.69, 9.17) is 38.9 Å². The summed E-state index contributed by atoms with van der Waals surface area (Å²) in [4.78, 5) is 191. The number of carbonyl (C=O) groups excluding carboxylic acids is 13. The summed E-state index contributed by atoms with van der Waals surface area (Å²) in [5.41, 5.74) is 6.81. The van der Waals surface area contributed by atoms with Crippen molar-refractivity contribution in [2.24, 2.45) is 35.3 Å². The van der Waals surface area contributed by atoms with Crippen molar-refractivity contribution in [3.8, 4) is 0 Å². The van der Waals surface area contributed by atoms with Gasteiger partial charge >= 0.3 is 12.1 Å². The van der Waals surface area contributed by atoms with Gasteiger partial charge in [0.05, 0.1) is 95.5 Å². The minimum absolute atomic E-state index is 0.0117. The number of amides is 14. The number of thiazole rings is 1. The number of likely N-dealkylation sites (tertiary alicyclic amines) is 2. The monoisotopic (exact) mass is 1700 g/mol. The molecule has 12 atom stereocenters. The first-order chi connectivity index (χ1) is 57.3. The maximum absolute atomic E-state index is 15.2. The third-order valence-electron chi connectivity index (χ3n) is 21.9. The highest BCUT2D eigenvalue weighted by Crippen LogP contribution is 2.32. The molecule has 1 aromatic heterocycles. The van der Waals surface area contributed by atoms with E-state index in [1.165, 1.54) is 49.8 Å². The number of carbonyl (C=O) groups is 13. The molecule has 3 aliphatic heterocycles. The Hall–Kier alpha value is -9.30. The van der Waals surface area contributed by atoms with E-state index in [0.717, 1.165) is 20.4 Å². The summed E-state index contributed by atoms with van der Waals surface area (Å²) in [5, 5.41) is 22.3. The summed E-state index contributed by atoms with van der Waals surface area (Å²) in [6.45, 7) is 20.5. The molecule has 668 valence electrons. The summed E-state index contributed by atoms with van der Waals surface area (Å²) in [6, 6.07) is 8.89. The predicted octanol–water partition coefficient (Wildman–Crippen LogP) is 4.34. The quantitative estimate of drug-likeness (QED) is 0.0288. The molecular formula is C84H131N15O20S. The second-order valence-electron chi connectivity index (χ2n) is 31.8. The van der Waals surface area contributed by atoms with Gasteiger partial charge in [-0.1, -0.05) is 111 Å². The lowest BCUT2D eigenvalue weighted by molar-refractivity contribution is -0.148. The van der Waals surface area contributed by atoms with Crippen molar-refractivity contribution in [3.63, 3.8) is 0 Å². The number of benzene rings is 2.